The average Bonchev–Trinajstić information content (AvgIpc) is 3.49. The lowest BCUT2D eigenvalue weighted by Crippen LogP contribution is -2.26. The lowest BCUT2D eigenvalue weighted by molar-refractivity contribution is -0.137. The summed E-state index contributed by atoms with van der Waals surface area (Å²) < 4.78 is 58.1. The van der Waals surface area contributed by atoms with Gasteiger partial charge in [-0.05, 0) is 48.1 Å². The molecule has 0 radical (unpaired) electrons. The molecule has 1 aliphatic rings. The lowest BCUT2D eigenvalue weighted by atomic mass is 10.1. The molecule has 174 valence electrons. The van der Waals surface area contributed by atoms with Crippen LogP contribution in [0.5, 0.6) is 0 Å². The zero-order valence-electron chi connectivity index (χ0n) is 17.7. The molecule has 1 heterocycles. The molecule has 1 saturated carbocycles. The summed E-state index contributed by atoms with van der Waals surface area (Å²) >= 11 is 0. The van der Waals surface area contributed by atoms with E-state index in [-0.39, 0.29) is 36.4 Å². The number of benzene rings is 2. The normalized spacial score (nSPS) is 14.0. The second-order valence-electron chi connectivity index (χ2n) is 8.25. The van der Waals surface area contributed by atoms with Crippen LogP contribution >= 0.6 is 0 Å². The molecule has 0 unspecified atom stereocenters. The number of hydrogen-bond donors (Lipinski definition) is 1. The maximum atomic E-state index is 13.3. The first kappa shape index (κ1) is 23.0. The quantitative estimate of drug-likeness (QED) is 0.447. The van der Waals surface area contributed by atoms with E-state index in [9.17, 15) is 22.4 Å². The van der Waals surface area contributed by atoms with Crippen molar-refractivity contribution in [3.63, 3.8) is 0 Å². The van der Waals surface area contributed by atoms with Crippen LogP contribution in [0.4, 0.5) is 17.6 Å². The second kappa shape index (κ2) is 9.74. The molecular weight excluding hydrogens is 438 g/mol. The summed E-state index contributed by atoms with van der Waals surface area (Å²) in [6.45, 7) is 1.26. The molecule has 0 bridgehead atoms. The highest BCUT2D eigenvalue weighted by molar-refractivity contribution is 5.91. The number of carbonyl (C=O) groups is 1. The lowest BCUT2D eigenvalue weighted by Gasteiger charge is -2.21. The average molecular weight is 461 g/mol. The third kappa shape index (κ3) is 6.64. The Morgan fingerprint density at radius 2 is 1.79 bits per heavy atom. The largest absolute Gasteiger partial charge is 0.447 e. The topological polar surface area (TPSA) is 58.4 Å². The van der Waals surface area contributed by atoms with Crippen molar-refractivity contribution in [1.82, 2.24) is 15.2 Å². The van der Waals surface area contributed by atoms with E-state index < -0.39 is 11.7 Å². The van der Waals surface area contributed by atoms with Crippen LogP contribution in [0.15, 0.2) is 59.2 Å². The van der Waals surface area contributed by atoms with Gasteiger partial charge in [-0.1, -0.05) is 30.3 Å². The van der Waals surface area contributed by atoms with E-state index in [0.717, 1.165) is 30.5 Å². The third-order valence-electron chi connectivity index (χ3n) is 5.37. The molecule has 1 N–H and O–H groups in total. The highest BCUT2D eigenvalue weighted by atomic mass is 19.4. The van der Waals surface area contributed by atoms with Crippen LogP contribution in [-0.2, 0) is 25.8 Å². The number of hydrogen-bond acceptors (Lipinski definition) is 4. The fourth-order valence-corrected chi connectivity index (χ4v) is 3.45. The van der Waals surface area contributed by atoms with Gasteiger partial charge in [-0.2, -0.15) is 13.2 Å². The van der Waals surface area contributed by atoms with Gasteiger partial charge in [-0.15, -0.1) is 0 Å². The van der Waals surface area contributed by atoms with Crippen molar-refractivity contribution >= 4 is 5.91 Å². The summed E-state index contributed by atoms with van der Waals surface area (Å²) in [4.78, 5) is 18.3. The minimum atomic E-state index is -4.44. The molecule has 0 aliphatic heterocycles. The molecule has 0 spiro atoms. The highest BCUT2D eigenvalue weighted by Gasteiger charge is 2.30. The molecule has 1 aromatic heterocycles. The Labute approximate surface area is 188 Å². The van der Waals surface area contributed by atoms with E-state index in [2.05, 4.69) is 10.3 Å². The van der Waals surface area contributed by atoms with Crippen LogP contribution in [0.1, 0.15) is 45.9 Å². The molecule has 4 rings (SSSR count). The van der Waals surface area contributed by atoms with Crippen molar-refractivity contribution in [2.75, 3.05) is 6.54 Å². The Morgan fingerprint density at radius 3 is 2.48 bits per heavy atom. The Hall–Kier alpha value is -3.20. The van der Waals surface area contributed by atoms with Gasteiger partial charge in [0.1, 0.15) is 12.1 Å². The van der Waals surface area contributed by atoms with Crippen molar-refractivity contribution in [3.05, 3.63) is 88.9 Å². The second-order valence-corrected chi connectivity index (χ2v) is 8.25. The molecule has 33 heavy (non-hydrogen) atoms. The fourth-order valence-electron chi connectivity index (χ4n) is 3.45. The van der Waals surface area contributed by atoms with Gasteiger partial charge in [0.05, 0.1) is 12.1 Å². The number of nitrogens with zero attached hydrogens (tertiary/aromatic N) is 2. The van der Waals surface area contributed by atoms with Crippen molar-refractivity contribution in [1.29, 1.82) is 0 Å². The predicted octanol–water partition coefficient (Wildman–Crippen LogP) is 5.17. The number of aromatic nitrogens is 1. The van der Waals surface area contributed by atoms with Crippen molar-refractivity contribution in [2.24, 2.45) is 5.92 Å². The minimum absolute atomic E-state index is 0.156. The molecule has 1 amide bonds. The molecular formula is C24H23F4N3O2. The van der Waals surface area contributed by atoms with Gasteiger partial charge in [-0.25, -0.2) is 9.37 Å². The van der Waals surface area contributed by atoms with E-state index in [1.165, 1.54) is 24.5 Å². The van der Waals surface area contributed by atoms with Crippen LogP contribution in [0, 0.1) is 11.7 Å². The standard InChI is InChI=1S/C24H23F4N3O2/c25-20-8-6-17(7-9-20)12-31(13-18-2-1-3-19(10-18)24(26,27)28)14-22-30-21(15-33-22)23(32)29-11-16-4-5-16/h1-3,6-10,15-16H,4-5,11-14H2,(H,29,32). The Morgan fingerprint density at radius 1 is 1.06 bits per heavy atom. The van der Waals surface area contributed by atoms with Crippen LogP contribution in [0.2, 0.25) is 0 Å². The maximum Gasteiger partial charge on any atom is 0.416 e. The van der Waals surface area contributed by atoms with Crippen molar-refractivity contribution in [2.45, 2.75) is 38.7 Å². The maximum absolute atomic E-state index is 13.3. The first-order chi connectivity index (χ1) is 15.8. The van der Waals surface area contributed by atoms with E-state index in [4.69, 9.17) is 4.42 Å². The molecule has 9 heteroatoms. The first-order valence-electron chi connectivity index (χ1n) is 10.6. The first-order valence-corrected chi connectivity index (χ1v) is 10.6. The zero-order valence-corrected chi connectivity index (χ0v) is 17.7. The fraction of sp³-hybridized carbons (Fsp3) is 0.333. The van der Waals surface area contributed by atoms with E-state index in [0.29, 0.717) is 24.6 Å². The number of rotatable bonds is 9. The Kier molecular flexibility index (Phi) is 6.78. The third-order valence-corrected chi connectivity index (χ3v) is 5.37. The summed E-state index contributed by atoms with van der Waals surface area (Å²) in [5.41, 5.74) is 0.664. The predicted molar refractivity (Wildman–Crippen MR) is 112 cm³/mol. The van der Waals surface area contributed by atoms with Crippen LogP contribution < -0.4 is 5.32 Å². The molecule has 0 saturated heterocycles. The number of oxazole rings is 1. The van der Waals surface area contributed by atoms with Crippen LogP contribution in [0.3, 0.4) is 0 Å². The highest BCUT2D eigenvalue weighted by Crippen LogP contribution is 2.30. The summed E-state index contributed by atoms with van der Waals surface area (Å²) in [7, 11) is 0. The zero-order chi connectivity index (χ0) is 23.4. The van der Waals surface area contributed by atoms with Crippen LogP contribution in [0.25, 0.3) is 0 Å². The number of halogens is 4. The number of amides is 1. The van der Waals surface area contributed by atoms with Gasteiger partial charge in [0.2, 0.25) is 5.89 Å². The number of alkyl halides is 3. The monoisotopic (exact) mass is 461 g/mol. The summed E-state index contributed by atoms with van der Waals surface area (Å²) in [5, 5.41) is 2.82. The summed E-state index contributed by atoms with van der Waals surface area (Å²) in [5.74, 6) is 0.0947. The number of nitrogens with one attached hydrogen (secondary N) is 1. The summed E-state index contributed by atoms with van der Waals surface area (Å²) in [6.07, 6.45) is -0.947. The van der Waals surface area contributed by atoms with Gasteiger partial charge in [-0.3, -0.25) is 9.69 Å². The molecule has 2 aromatic carbocycles. The van der Waals surface area contributed by atoms with Crippen LogP contribution in [-0.4, -0.2) is 22.3 Å². The SMILES string of the molecule is O=C(NCC1CC1)c1coc(CN(Cc2ccc(F)cc2)Cc2cccc(C(F)(F)F)c2)n1. The van der Waals surface area contributed by atoms with E-state index in [1.54, 1.807) is 18.2 Å². The minimum Gasteiger partial charge on any atom is -0.447 e. The molecule has 1 fully saturated rings. The summed E-state index contributed by atoms with van der Waals surface area (Å²) in [6, 6.07) is 11.0. The molecule has 1 aliphatic carbocycles. The van der Waals surface area contributed by atoms with E-state index >= 15 is 0 Å². The Balaban J connectivity index is 1.49. The smallest absolute Gasteiger partial charge is 0.416 e. The van der Waals surface area contributed by atoms with Gasteiger partial charge in [0.25, 0.3) is 5.91 Å². The molecule has 0 atom stereocenters. The van der Waals surface area contributed by atoms with Gasteiger partial charge < -0.3 is 9.73 Å². The molecule has 3 aromatic rings. The number of carbonyl (C=O) groups excluding carboxylic acids is 1. The van der Waals surface area contributed by atoms with Crippen molar-refractivity contribution in [3.8, 4) is 0 Å². The van der Waals surface area contributed by atoms with Gasteiger partial charge in [0.15, 0.2) is 5.69 Å². The van der Waals surface area contributed by atoms with Gasteiger partial charge >= 0.3 is 6.18 Å². The van der Waals surface area contributed by atoms with E-state index in [1.807, 2.05) is 4.90 Å². The van der Waals surface area contributed by atoms with Gasteiger partial charge in [0, 0.05) is 19.6 Å². The van der Waals surface area contributed by atoms with Crippen molar-refractivity contribution < 1.29 is 26.8 Å². The molecule has 5 nitrogen and oxygen atoms in total. The Bertz CT molecular complexity index is 1090.